The van der Waals surface area contributed by atoms with E-state index in [2.05, 4.69) is 5.32 Å². The third-order valence-corrected chi connectivity index (χ3v) is 5.88. The van der Waals surface area contributed by atoms with Gasteiger partial charge in [0.1, 0.15) is 6.61 Å². The van der Waals surface area contributed by atoms with Crippen LogP contribution >= 0.6 is 23.2 Å². The second kappa shape index (κ2) is 9.57. The van der Waals surface area contributed by atoms with Crippen LogP contribution in [0.3, 0.4) is 0 Å². The first-order valence-corrected chi connectivity index (χ1v) is 11.2. The van der Waals surface area contributed by atoms with E-state index in [4.69, 9.17) is 37.8 Å². The Bertz CT molecular complexity index is 1140. The molecule has 30 heavy (non-hydrogen) atoms. The molecule has 0 unspecified atom stereocenters. The lowest BCUT2D eigenvalue weighted by atomic mass is 10.2. The van der Waals surface area contributed by atoms with E-state index < -0.39 is 10.0 Å². The van der Waals surface area contributed by atoms with E-state index in [-0.39, 0.29) is 11.5 Å². The molecule has 0 aliphatic rings. The Balaban J connectivity index is 1.71. The molecule has 0 bridgehead atoms. The van der Waals surface area contributed by atoms with Crippen LogP contribution < -0.4 is 19.9 Å². The van der Waals surface area contributed by atoms with E-state index in [0.717, 1.165) is 16.8 Å². The van der Waals surface area contributed by atoms with Crippen molar-refractivity contribution in [2.24, 2.45) is 5.14 Å². The van der Waals surface area contributed by atoms with Gasteiger partial charge in [-0.25, -0.2) is 13.6 Å². The standard InChI is InChI=1S/C21H20Cl2N2O4S/c1-28-20-11-14(12-25-16-6-8-17(9-7-16)30(24,26)27)10-19(23)21(20)29-13-15-4-2-3-5-18(15)22/h2-11,25H,12-13H2,1H3,(H2,24,26,27). The van der Waals surface area contributed by atoms with E-state index in [1.807, 2.05) is 24.3 Å². The van der Waals surface area contributed by atoms with Crippen LogP contribution in [-0.4, -0.2) is 15.5 Å². The van der Waals surface area contributed by atoms with Crippen molar-refractivity contribution in [3.05, 3.63) is 81.8 Å². The lowest BCUT2D eigenvalue weighted by Crippen LogP contribution is -2.12. The molecule has 0 heterocycles. The largest absolute Gasteiger partial charge is 0.493 e. The highest BCUT2D eigenvalue weighted by molar-refractivity contribution is 7.89. The SMILES string of the molecule is COc1cc(CNc2ccc(S(N)(=O)=O)cc2)cc(Cl)c1OCc1ccccc1Cl. The van der Waals surface area contributed by atoms with Crippen molar-refractivity contribution in [2.45, 2.75) is 18.0 Å². The summed E-state index contributed by atoms with van der Waals surface area (Å²) in [4.78, 5) is 0.0535. The number of rotatable bonds is 8. The van der Waals surface area contributed by atoms with E-state index in [0.29, 0.717) is 28.1 Å². The Morgan fingerprint density at radius 2 is 1.70 bits per heavy atom. The van der Waals surface area contributed by atoms with Crippen molar-refractivity contribution in [3.63, 3.8) is 0 Å². The molecule has 0 aliphatic carbocycles. The van der Waals surface area contributed by atoms with Crippen molar-refractivity contribution >= 4 is 38.9 Å². The Labute approximate surface area is 185 Å². The van der Waals surface area contributed by atoms with Gasteiger partial charge < -0.3 is 14.8 Å². The molecule has 3 aromatic rings. The van der Waals surface area contributed by atoms with Crippen LogP contribution in [-0.2, 0) is 23.2 Å². The summed E-state index contributed by atoms with van der Waals surface area (Å²) >= 11 is 12.6. The number of hydrogen-bond donors (Lipinski definition) is 2. The van der Waals surface area contributed by atoms with Gasteiger partial charge in [0.05, 0.1) is 17.0 Å². The van der Waals surface area contributed by atoms with Gasteiger partial charge in [-0.2, -0.15) is 0 Å². The molecule has 0 atom stereocenters. The molecule has 0 aromatic heterocycles. The van der Waals surface area contributed by atoms with Crippen molar-refractivity contribution in [1.82, 2.24) is 0 Å². The highest BCUT2D eigenvalue weighted by Crippen LogP contribution is 2.37. The first kappa shape index (κ1) is 22.2. The molecule has 0 fully saturated rings. The maximum Gasteiger partial charge on any atom is 0.238 e. The van der Waals surface area contributed by atoms with Crippen LogP contribution in [0.4, 0.5) is 5.69 Å². The van der Waals surface area contributed by atoms with Crippen LogP contribution in [0.15, 0.2) is 65.6 Å². The van der Waals surface area contributed by atoms with Gasteiger partial charge in [-0.15, -0.1) is 0 Å². The number of ether oxygens (including phenoxy) is 2. The number of hydrogen-bond acceptors (Lipinski definition) is 5. The van der Waals surface area contributed by atoms with Gasteiger partial charge >= 0.3 is 0 Å². The summed E-state index contributed by atoms with van der Waals surface area (Å²) in [5.41, 5.74) is 2.43. The molecule has 0 radical (unpaired) electrons. The molecule has 6 nitrogen and oxygen atoms in total. The topological polar surface area (TPSA) is 90.6 Å². The Morgan fingerprint density at radius 3 is 2.33 bits per heavy atom. The molecule has 0 saturated carbocycles. The fourth-order valence-electron chi connectivity index (χ4n) is 2.75. The Hall–Kier alpha value is -2.45. The van der Waals surface area contributed by atoms with Crippen LogP contribution in [0.2, 0.25) is 10.0 Å². The predicted molar refractivity (Wildman–Crippen MR) is 119 cm³/mol. The Morgan fingerprint density at radius 1 is 1.00 bits per heavy atom. The molecule has 0 spiro atoms. The zero-order valence-corrected chi connectivity index (χ0v) is 18.4. The number of methoxy groups -OCH3 is 1. The zero-order valence-electron chi connectivity index (χ0n) is 16.1. The van der Waals surface area contributed by atoms with E-state index in [1.54, 1.807) is 24.3 Å². The third-order valence-electron chi connectivity index (χ3n) is 4.30. The quantitative estimate of drug-likeness (QED) is 0.495. The highest BCUT2D eigenvalue weighted by Gasteiger charge is 2.13. The first-order chi connectivity index (χ1) is 14.3. The fourth-order valence-corrected chi connectivity index (χ4v) is 3.74. The normalized spacial score (nSPS) is 11.2. The third kappa shape index (κ3) is 5.58. The van der Waals surface area contributed by atoms with Crippen molar-refractivity contribution in [2.75, 3.05) is 12.4 Å². The second-order valence-electron chi connectivity index (χ2n) is 6.41. The number of sulfonamides is 1. The summed E-state index contributed by atoms with van der Waals surface area (Å²) in [6.07, 6.45) is 0. The number of nitrogens with one attached hydrogen (secondary N) is 1. The average Bonchev–Trinajstić information content (AvgIpc) is 2.72. The summed E-state index contributed by atoms with van der Waals surface area (Å²) in [6.45, 7) is 0.694. The second-order valence-corrected chi connectivity index (χ2v) is 8.79. The van der Waals surface area contributed by atoms with Crippen molar-refractivity contribution in [1.29, 1.82) is 0 Å². The number of benzene rings is 3. The number of halogens is 2. The molecule has 158 valence electrons. The smallest absolute Gasteiger partial charge is 0.238 e. The molecule has 0 aliphatic heterocycles. The maximum absolute atomic E-state index is 11.3. The molecular weight excluding hydrogens is 447 g/mol. The summed E-state index contributed by atoms with van der Waals surface area (Å²) < 4.78 is 34.0. The highest BCUT2D eigenvalue weighted by atomic mass is 35.5. The minimum atomic E-state index is -3.72. The van der Waals surface area contributed by atoms with Gasteiger partial charge in [0.25, 0.3) is 0 Å². The molecule has 3 N–H and O–H groups in total. The molecule has 0 saturated heterocycles. The lowest BCUT2D eigenvalue weighted by Gasteiger charge is -2.15. The van der Waals surface area contributed by atoms with Gasteiger partial charge in [0.15, 0.2) is 11.5 Å². The Kier molecular flexibility index (Phi) is 7.10. The summed E-state index contributed by atoms with van der Waals surface area (Å²) in [5.74, 6) is 0.927. The lowest BCUT2D eigenvalue weighted by molar-refractivity contribution is 0.284. The molecular formula is C21H20Cl2N2O4S. The molecule has 0 amide bonds. The van der Waals surface area contributed by atoms with Gasteiger partial charge in [0.2, 0.25) is 10.0 Å². The zero-order chi connectivity index (χ0) is 21.7. The fraction of sp³-hybridized carbons (Fsp3) is 0.143. The number of primary sulfonamides is 1. The first-order valence-electron chi connectivity index (χ1n) is 8.87. The van der Waals surface area contributed by atoms with Gasteiger partial charge in [-0.1, -0.05) is 41.4 Å². The summed E-state index contributed by atoms with van der Waals surface area (Å²) in [6, 6.07) is 17.2. The summed E-state index contributed by atoms with van der Waals surface area (Å²) in [5, 5.41) is 9.32. The molecule has 3 rings (SSSR count). The van der Waals surface area contributed by atoms with Crippen molar-refractivity contribution < 1.29 is 17.9 Å². The van der Waals surface area contributed by atoms with E-state index >= 15 is 0 Å². The van der Waals surface area contributed by atoms with Gasteiger partial charge in [0, 0.05) is 22.8 Å². The van der Waals surface area contributed by atoms with Gasteiger partial charge in [-0.05, 0) is 48.0 Å². The van der Waals surface area contributed by atoms with Crippen LogP contribution in [0.25, 0.3) is 0 Å². The van der Waals surface area contributed by atoms with E-state index in [1.165, 1.54) is 19.2 Å². The van der Waals surface area contributed by atoms with Crippen LogP contribution in [0.1, 0.15) is 11.1 Å². The van der Waals surface area contributed by atoms with Crippen LogP contribution in [0, 0.1) is 0 Å². The summed E-state index contributed by atoms with van der Waals surface area (Å²) in [7, 11) is -2.18. The monoisotopic (exact) mass is 466 g/mol. The molecule has 9 heteroatoms. The minimum Gasteiger partial charge on any atom is -0.493 e. The number of anilines is 1. The average molecular weight is 467 g/mol. The number of nitrogens with two attached hydrogens (primary N) is 1. The van der Waals surface area contributed by atoms with Crippen molar-refractivity contribution in [3.8, 4) is 11.5 Å². The minimum absolute atomic E-state index is 0.0535. The van der Waals surface area contributed by atoms with E-state index in [9.17, 15) is 8.42 Å². The maximum atomic E-state index is 11.3. The van der Waals surface area contributed by atoms with Gasteiger partial charge in [-0.3, -0.25) is 0 Å². The predicted octanol–water partition coefficient (Wildman–Crippen LogP) is 4.84. The molecule has 3 aromatic carbocycles. The van der Waals surface area contributed by atoms with Crippen LogP contribution in [0.5, 0.6) is 11.5 Å².